The van der Waals surface area contributed by atoms with Crippen molar-refractivity contribution in [3.8, 4) is 11.6 Å². The number of thioether (sulfide) groups is 1. The van der Waals surface area contributed by atoms with Crippen LogP contribution in [0.25, 0.3) is 11.6 Å². The first-order valence-corrected chi connectivity index (χ1v) is 10.9. The number of hydrogen-bond acceptors (Lipinski definition) is 6. The molecule has 3 heterocycles. The number of nitrogens with zero attached hydrogens (tertiary/aromatic N) is 4. The summed E-state index contributed by atoms with van der Waals surface area (Å²) in [6, 6.07) is 14.3. The molecule has 1 unspecified atom stereocenters. The standard InChI is InChI=1S/C21H25N5O2S/c1-2-26-20(18-9-6-12-28-18)23-24-21(26)29-15-19(27)22-17-10-11-25(14-17)13-16-7-4-3-5-8-16/h3-9,12,17H,2,10-11,13-15H2,1H3,(H,22,27). The third kappa shape index (κ3) is 4.89. The second-order valence-electron chi connectivity index (χ2n) is 7.09. The first-order chi connectivity index (χ1) is 14.2. The summed E-state index contributed by atoms with van der Waals surface area (Å²) in [6.45, 7) is 5.56. The Bertz CT molecular complexity index is 926. The van der Waals surface area contributed by atoms with Gasteiger partial charge in [0, 0.05) is 32.2 Å². The summed E-state index contributed by atoms with van der Waals surface area (Å²) in [5.74, 6) is 1.73. The molecule has 2 aromatic heterocycles. The van der Waals surface area contributed by atoms with E-state index in [1.165, 1.54) is 17.3 Å². The highest BCUT2D eigenvalue weighted by molar-refractivity contribution is 7.99. The van der Waals surface area contributed by atoms with Crippen LogP contribution in [0.2, 0.25) is 0 Å². The zero-order valence-electron chi connectivity index (χ0n) is 16.5. The summed E-state index contributed by atoms with van der Waals surface area (Å²) in [4.78, 5) is 14.8. The molecule has 1 fully saturated rings. The number of carbonyl (C=O) groups is 1. The molecule has 7 nitrogen and oxygen atoms in total. The van der Waals surface area contributed by atoms with Crippen molar-refractivity contribution in [2.24, 2.45) is 0 Å². The van der Waals surface area contributed by atoms with Gasteiger partial charge < -0.3 is 9.73 Å². The van der Waals surface area contributed by atoms with Crippen molar-refractivity contribution in [2.45, 2.75) is 37.6 Å². The maximum atomic E-state index is 12.4. The maximum absolute atomic E-state index is 12.4. The second kappa shape index (κ2) is 9.28. The largest absolute Gasteiger partial charge is 0.461 e. The molecule has 0 aliphatic carbocycles. The molecule has 0 saturated carbocycles. The predicted molar refractivity (Wildman–Crippen MR) is 112 cm³/mol. The molecule has 3 aromatic rings. The van der Waals surface area contributed by atoms with Crippen molar-refractivity contribution >= 4 is 17.7 Å². The molecule has 1 saturated heterocycles. The molecule has 1 N–H and O–H groups in total. The Morgan fingerprint density at radius 2 is 2.10 bits per heavy atom. The van der Waals surface area contributed by atoms with E-state index in [1.54, 1.807) is 6.26 Å². The molecule has 1 aliphatic heterocycles. The topological polar surface area (TPSA) is 76.2 Å². The third-order valence-corrected chi connectivity index (χ3v) is 5.96. The minimum absolute atomic E-state index is 0.0340. The Balaban J connectivity index is 1.27. The number of likely N-dealkylation sites (tertiary alicyclic amines) is 1. The van der Waals surface area contributed by atoms with Gasteiger partial charge in [0.1, 0.15) is 0 Å². The number of nitrogens with one attached hydrogen (secondary N) is 1. The van der Waals surface area contributed by atoms with Gasteiger partial charge in [-0.25, -0.2) is 0 Å². The molecular weight excluding hydrogens is 386 g/mol. The molecule has 1 aliphatic rings. The van der Waals surface area contributed by atoms with E-state index in [2.05, 4.69) is 44.7 Å². The van der Waals surface area contributed by atoms with Gasteiger partial charge in [0.15, 0.2) is 16.7 Å². The zero-order valence-corrected chi connectivity index (χ0v) is 17.3. The van der Waals surface area contributed by atoms with E-state index < -0.39 is 0 Å². The summed E-state index contributed by atoms with van der Waals surface area (Å²) < 4.78 is 7.39. The van der Waals surface area contributed by atoms with Gasteiger partial charge in [-0.3, -0.25) is 14.3 Å². The number of hydrogen-bond donors (Lipinski definition) is 1. The lowest BCUT2D eigenvalue weighted by Gasteiger charge is -2.16. The molecule has 29 heavy (non-hydrogen) atoms. The summed E-state index contributed by atoms with van der Waals surface area (Å²) >= 11 is 1.41. The molecule has 0 radical (unpaired) electrons. The molecule has 1 aromatic carbocycles. The van der Waals surface area contributed by atoms with E-state index in [9.17, 15) is 4.79 Å². The summed E-state index contributed by atoms with van der Waals surface area (Å²) in [7, 11) is 0. The van der Waals surface area contributed by atoms with Crippen molar-refractivity contribution < 1.29 is 9.21 Å². The van der Waals surface area contributed by atoms with Gasteiger partial charge in [0.05, 0.1) is 12.0 Å². The van der Waals surface area contributed by atoms with Gasteiger partial charge in [-0.1, -0.05) is 42.1 Å². The van der Waals surface area contributed by atoms with Gasteiger partial charge in [-0.05, 0) is 31.0 Å². The van der Waals surface area contributed by atoms with Crippen molar-refractivity contribution in [3.05, 3.63) is 54.3 Å². The van der Waals surface area contributed by atoms with Crippen molar-refractivity contribution in [2.75, 3.05) is 18.8 Å². The van der Waals surface area contributed by atoms with Gasteiger partial charge in [0.2, 0.25) is 5.91 Å². The van der Waals surface area contributed by atoms with E-state index in [0.717, 1.165) is 31.2 Å². The van der Waals surface area contributed by atoms with E-state index in [-0.39, 0.29) is 11.9 Å². The van der Waals surface area contributed by atoms with Crippen LogP contribution in [0.15, 0.2) is 58.3 Å². The third-order valence-electron chi connectivity index (χ3n) is 4.99. The van der Waals surface area contributed by atoms with E-state index in [1.807, 2.05) is 29.7 Å². The minimum Gasteiger partial charge on any atom is -0.461 e. The normalized spacial score (nSPS) is 16.9. The average Bonchev–Trinajstić information content (AvgIpc) is 3.48. The second-order valence-corrected chi connectivity index (χ2v) is 8.03. The lowest BCUT2D eigenvalue weighted by molar-refractivity contribution is -0.119. The Hall–Kier alpha value is -2.58. The molecule has 152 valence electrons. The van der Waals surface area contributed by atoms with Crippen LogP contribution in [-0.4, -0.2) is 50.5 Å². The van der Waals surface area contributed by atoms with Crippen LogP contribution in [0.1, 0.15) is 18.9 Å². The number of furan rings is 1. The SMILES string of the molecule is CCn1c(SCC(=O)NC2CCN(Cc3ccccc3)C2)nnc1-c1ccco1. The highest BCUT2D eigenvalue weighted by Crippen LogP contribution is 2.24. The highest BCUT2D eigenvalue weighted by Gasteiger charge is 2.24. The molecule has 8 heteroatoms. The van der Waals surface area contributed by atoms with Crippen molar-refractivity contribution in [1.82, 2.24) is 25.0 Å². The Morgan fingerprint density at radius 1 is 1.24 bits per heavy atom. The number of amides is 1. The predicted octanol–water partition coefficient (Wildman–Crippen LogP) is 3.04. The molecule has 1 amide bonds. The molecule has 0 spiro atoms. The number of benzene rings is 1. The maximum Gasteiger partial charge on any atom is 0.230 e. The number of carbonyl (C=O) groups excluding carboxylic acids is 1. The lowest BCUT2D eigenvalue weighted by Crippen LogP contribution is -2.38. The fraction of sp³-hybridized carbons (Fsp3) is 0.381. The van der Waals surface area contributed by atoms with Crippen molar-refractivity contribution in [3.63, 3.8) is 0 Å². The van der Waals surface area contributed by atoms with Crippen LogP contribution in [-0.2, 0) is 17.9 Å². The molecular formula is C21H25N5O2S. The number of aromatic nitrogens is 3. The first kappa shape index (κ1) is 19.7. The van der Waals surface area contributed by atoms with Crippen LogP contribution in [0.5, 0.6) is 0 Å². The summed E-state index contributed by atoms with van der Waals surface area (Å²) in [5, 5.41) is 12.3. The Labute approximate surface area is 174 Å². The van der Waals surface area contributed by atoms with Crippen LogP contribution in [0.3, 0.4) is 0 Å². The van der Waals surface area contributed by atoms with Gasteiger partial charge in [-0.15, -0.1) is 10.2 Å². The molecule has 0 bridgehead atoms. The van der Waals surface area contributed by atoms with Crippen LogP contribution in [0, 0.1) is 0 Å². The highest BCUT2D eigenvalue weighted by atomic mass is 32.2. The van der Waals surface area contributed by atoms with E-state index in [4.69, 9.17) is 4.42 Å². The number of rotatable bonds is 8. The summed E-state index contributed by atoms with van der Waals surface area (Å²) in [6.07, 6.45) is 2.60. The zero-order chi connectivity index (χ0) is 20.1. The van der Waals surface area contributed by atoms with Gasteiger partial charge in [0.25, 0.3) is 0 Å². The van der Waals surface area contributed by atoms with Gasteiger partial charge in [-0.2, -0.15) is 0 Å². The lowest BCUT2D eigenvalue weighted by atomic mass is 10.2. The molecule has 1 atom stereocenters. The average molecular weight is 412 g/mol. The van der Waals surface area contributed by atoms with E-state index in [0.29, 0.717) is 23.9 Å². The Morgan fingerprint density at radius 3 is 2.86 bits per heavy atom. The Kier molecular flexibility index (Phi) is 6.31. The van der Waals surface area contributed by atoms with Crippen LogP contribution >= 0.6 is 11.8 Å². The van der Waals surface area contributed by atoms with E-state index >= 15 is 0 Å². The fourth-order valence-corrected chi connectivity index (χ4v) is 4.42. The van der Waals surface area contributed by atoms with Crippen LogP contribution in [0.4, 0.5) is 0 Å². The monoisotopic (exact) mass is 411 g/mol. The first-order valence-electron chi connectivity index (χ1n) is 9.88. The van der Waals surface area contributed by atoms with Crippen molar-refractivity contribution in [1.29, 1.82) is 0 Å². The minimum atomic E-state index is 0.0340. The smallest absolute Gasteiger partial charge is 0.230 e. The molecule has 4 rings (SSSR count). The quantitative estimate of drug-likeness (QED) is 0.574. The van der Waals surface area contributed by atoms with Gasteiger partial charge >= 0.3 is 0 Å². The summed E-state index contributed by atoms with van der Waals surface area (Å²) in [5.41, 5.74) is 1.31. The fourth-order valence-electron chi connectivity index (χ4n) is 3.60. The van der Waals surface area contributed by atoms with Crippen LogP contribution < -0.4 is 5.32 Å².